The van der Waals surface area contributed by atoms with Gasteiger partial charge in [-0.15, -0.1) is 5.10 Å². The van der Waals surface area contributed by atoms with Crippen molar-refractivity contribution in [3.05, 3.63) is 16.8 Å². The second-order valence-electron chi connectivity index (χ2n) is 5.23. The van der Waals surface area contributed by atoms with Gasteiger partial charge in [-0.05, 0) is 37.2 Å². The molecule has 6 nitrogen and oxygen atoms in total. The van der Waals surface area contributed by atoms with Gasteiger partial charge in [0, 0.05) is 6.54 Å². The van der Waals surface area contributed by atoms with Crippen LogP contribution < -0.4 is 5.32 Å². The summed E-state index contributed by atoms with van der Waals surface area (Å²) in [6, 6.07) is 0. The minimum Gasteiger partial charge on any atom is -0.478 e. The summed E-state index contributed by atoms with van der Waals surface area (Å²) in [7, 11) is 0. The van der Waals surface area contributed by atoms with Gasteiger partial charge >= 0.3 is 5.97 Å². The fourth-order valence-corrected chi connectivity index (χ4v) is 2.64. The number of nitrogens with one attached hydrogen (secondary N) is 1. The van der Waals surface area contributed by atoms with Crippen molar-refractivity contribution in [3.63, 3.8) is 0 Å². The minimum absolute atomic E-state index is 0.208. The lowest BCUT2D eigenvalue weighted by molar-refractivity contribution is 0.0485. The van der Waals surface area contributed by atoms with Gasteiger partial charge in [0.05, 0.1) is 11.8 Å². The van der Waals surface area contributed by atoms with Gasteiger partial charge in [0.25, 0.3) is 0 Å². The van der Waals surface area contributed by atoms with Crippen LogP contribution in [0.3, 0.4) is 0 Å². The molecule has 0 aliphatic heterocycles. The van der Waals surface area contributed by atoms with Gasteiger partial charge in [0.2, 0.25) is 0 Å². The van der Waals surface area contributed by atoms with Crippen LogP contribution in [0.25, 0.3) is 0 Å². The molecule has 0 spiro atoms. The van der Waals surface area contributed by atoms with Crippen molar-refractivity contribution in [1.82, 2.24) is 10.2 Å². The topological polar surface area (TPSA) is 95.3 Å². The van der Waals surface area contributed by atoms with Gasteiger partial charge in [-0.2, -0.15) is 5.10 Å². The van der Waals surface area contributed by atoms with Crippen LogP contribution in [0, 0.1) is 5.92 Å². The SMILES string of the molecule is CCc1nnc(NCC2CC(O)C2)c(C(=O)O)c1CC. The quantitative estimate of drug-likeness (QED) is 0.730. The molecule has 1 aliphatic carbocycles. The summed E-state index contributed by atoms with van der Waals surface area (Å²) >= 11 is 0. The van der Waals surface area contributed by atoms with E-state index in [1.165, 1.54) is 0 Å². The number of carboxylic acids is 1. The first kappa shape index (κ1) is 14.7. The normalized spacial score (nSPS) is 21.4. The minimum atomic E-state index is -0.970. The standard InChI is InChI=1S/C14H21N3O3/c1-3-10-11(4-2)16-17-13(12(10)14(19)20)15-7-8-5-9(18)6-8/h8-9,18H,3-7H2,1-2H3,(H,15,17)(H,19,20). The maximum Gasteiger partial charge on any atom is 0.339 e. The van der Waals surface area contributed by atoms with E-state index in [4.69, 9.17) is 0 Å². The lowest BCUT2D eigenvalue weighted by Crippen LogP contribution is -2.33. The molecular formula is C14H21N3O3. The molecule has 2 rings (SSSR count). The van der Waals surface area contributed by atoms with E-state index >= 15 is 0 Å². The van der Waals surface area contributed by atoms with Gasteiger partial charge in [0.1, 0.15) is 5.56 Å². The number of aromatic nitrogens is 2. The molecule has 0 aromatic carbocycles. The van der Waals surface area contributed by atoms with Crippen molar-refractivity contribution in [2.75, 3.05) is 11.9 Å². The molecule has 0 amide bonds. The van der Waals surface area contributed by atoms with Crippen LogP contribution in [0.2, 0.25) is 0 Å². The van der Waals surface area contributed by atoms with Crippen molar-refractivity contribution in [3.8, 4) is 0 Å². The number of hydrogen-bond donors (Lipinski definition) is 3. The zero-order valence-corrected chi connectivity index (χ0v) is 11.9. The van der Waals surface area contributed by atoms with Crippen molar-refractivity contribution < 1.29 is 15.0 Å². The Balaban J connectivity index is 2.20. The number of carbonyl (C=O) groups is 1. The van der Waals surface area contributed by atoms with Gasteiger partial charge in [0.15, 0.2) is 5.82 Å². The second kappa shape index (κ2) is 6.17. The number of carboxylic acid groups (broad SMARTS) is 1. The van der Waals surface area contributed by atoms with Gasteiger partial charge < -0.3 is 15.5 Å². The zero-order valence-electron chi connectivity index (χ0n) is 11.9. The Morgan fingerprint density at radius 3 is 2.50 bits per heavy atom. The van der Waals surface area contributed by atoms with Gasteiger partial charge in [-0.3, -0.25) is 0 Å². The number of aliphatic hydroxyl groups is 1. The number of aryl methyl sites for hydroxylation is 1. The maximum atomic E-state index is 11.5. The highest BCUT2D eigenvalue weighted by atomic mass is 16.4. The summed E-state index contributed by atoms with van der Waals surface area (Å²) in [5.41, 5.74) is 1.74. The number of aliphatic hydroxyl groups excluding tert-OH is 1. The number of aromatic carboxylic acids is 1. The van der Waals surface area contributed by atoms with Gasteiger partial charge in [-0.25, -0.2) is 4.79 Å². The van der Waals surface area contributed by atoms with Crippen LogP contribution in [0.5, 0.6) is 0 Å². The molecule has 1 saturated carbocycles. The maximum absolute atomic E-state index is 11.5. The fraction of sp³-hybridized carbons (Fsp3) is 0.643. The molecule has 0 saturated heterocycles. The van der Waals surface area contributed by atoms with Crippen LogP contribution in [0.1, 0.15) is 48.3 Å². The first-order chi connectivity index (χ1) is 9.56. The third-order valence-electron chi connectivity index (χ3n) is 3.83. The Labute approximate surface area is 118 Å². The Morgan fingerprint density at radius 2 is 2.00 bits per heavy atom. The van der Waals surface area contributed by atoms with E-state index in [1.54, 1.807) is 0 Å². The molecule has 1 aliphatic rings. The predicted molar refractivity (Wildman–Crippen MR) is 75.0 cm³/mol. The molecule has 0 radical (unpaired) electrons. The monoisotopic (exact) mass is 279 g/mol. The molecule has 0 bridgehead atoms. The smallest absolute Gasteiger partial charge is 0.339 e. The Bertz CT molecular complexity index is 499. The second-order valence-corrected chi connectivity index (χ2v) is 5.23. The molecule has 6 heteroatoms. The third kappa shape index (κ3) is 2.90. The van der Waals surface area contributed by atoms with E-state index in [0.717, 1.165) is 24.1 Å². The predicted octanol–water partition coefficient (Wildman–Crippen LogP) is 1.48. The highest BCUT2D eigenvalue weighted by Gasteiger charge is 2.28. The lowest BCUT2D eigenvalue weighted by atomic mass is 9.82. The number of hydrogen-bond acceptors (Lipinski definition) is 5. The molecular weight excluding hydrogens is 258 g/mol. The van der Waals surface area contributed by atoms with Crippen LogP contribution >= 0.6 is 0 Å². The van der Waals surface area contributed by atoms with Crippen molar-refractivity contribution >= 4 is 11.8 Å². The van der Waals surface area contributed by atoms with Crippen LogP contribution in [-0.4, -0.2) is 39.0 Å². The molecule has 0 unspecified atom stereocenters. The Hall–Kier alpha value is -1.69. The van der Waals surface area contributed by atoms with Crippen LogP contribution in [0.15, 0.2) is 0 Å². The fourth-order valence-electron chi connectivity index (χ4n) is 2.64. The van der Waals surface area contributed by atoms with E-state index in [-0.39, 0.29) is 11.7 Å². The third-order valence-corrected chi connectivity index (χ3v) is 3.83. The van der Waals surface area contributed by atoms with Crippen LogP contribution in [-0.2, 0) is 12.8 Å². The lowest BCUT2D eigenvalue weighted by Gasteiger charge is -2.31. The first-order valence-electron chi connectivity index (χ1n) is 7.10. The van der Waals surface area contributed by atoms with Crippen molar-refractivity contribution in [2.24, 2.45) is 5.92 Å². The van der Waals surface area contributed by atoms with E-state index in [1.807, 2.05) is 13.8 Å². The van der Waals surface area contributed by atoms with E-state index in [0.29, 0.717) is 31.1 Å². The van der Waals surface area contributed by atoms with Crippen molar-refractivity contribution in [1.29, 1.82) is 0 Å². The Kier molecular flexibility index (Phi) is 4.54. The summed E-state index contributed by atoms with van der Waals surface area (Å²) in [4.78, 5) is 11.5. The summed E-state index contributed by atoms with van der Waals surface area (Å²) in [5.74, 6) is -0.250. The molecule has 20 heavy (non-hydrogen) atoms. The summed E-state index contributed by atoms with van der Waals surface area (Å²) in [6.07, 6.45) is 2.61. The van der Waals surface area contributed by atoms with E-state index < -0.39 is 5.97 Å². The van der Waals surface area contributed by atoms with E-state index in [2.05, 4.69) is 15.5 Å². The molecule has 1 aromatic heterocycles. The average molecular weight is 279 g/mol. The van der Waals surface area contributed by atoms with Gasteiger partial charge in [-0.1, -0.05) is 13.8 Å². The molecule has 1 aromatic rings. The summed E-state index contributed by atoms with van der Waals surface area (Å²) in [6.45, 7) is 4.49. The molecule has 3 N–H and O–H groups in total. The average Bonchev–Trinajstić information content (AvgIpc) is 2.40. The number of rotatable bonds is 6. The van der Waals surface area contributed by atoms with Crippen LogP contribution in [0.4, 0.5) is 5.82 Å². The largest absolute Gasteiger partial charge is 0.478 e. The van der Waals surface area contributed by atoms with Crippen molar-refractivity contribution in [2.45, 2.75) is 45.6 Å². The number of nitrogens with zero attached hydrogens (tertiary/aromatic N) is 2. The molecule has 0 atom stereocenters. The number of anilines is 1. The highest BCUT2D eigenvalue weighted by Crippen LogP contribution is 2.28. The first-order valence-corrected chi connectivity index (χ1v) is 7.10. The van der Waals surface area contributed by atoms with E-state index in [9.17, 15) is 15.0 Å². The molecule has 1 heterocycles. The molecule has 110 valence electrons. The summed E-state index contributed by atoms with van der Waals surface area (Å²) < 4.78 is 0. The Morgan fingerprint density at radius 1 is 1.30 bits per heavy atom. The molecule has 1 fully saturated rings. The highest BCUT2D eigenvalue weighted by molar-refractivity contribution is 5.95. The zero-order chi connectivity index (χ0) is 14.7. The summed E-state index contributed by atoms with van der Waals surface area (Å²) in [5, 5.41) is 29.9.